The number of hydrogen-bond acceptors (Lipinski definition) is 4. The van der Waals surface area contributed by atoms with Gasteiger partial charge >= 0.3 is 0 Å². The molecule has 1 aliphatic carbocycles. The average molecular weight is 531 g/mol. The van der Waals surface area contributed by atoms with Gasteiger partial charge in [0.05, 0.1) is 12.1 Å². The zero-order valence-electron chi connectivity index (χ0n) is 23.9. The molecule has 2 atom stereocenters. The first-order valence-electron chi connectivity index (χ1n) is 14.2. The molecule has 0 aromatic heterocycles. The highest BCUT2D eigenvalue weighted by atomic mass is 16.3. The number of hydrogen-bond donors (Lipinski definition) is 2. The van der Waals surface area contributed by atoms with Crippen molar-refractivity contribution in [2.45, 2.75) is 65.5 Å². The van der Waals surface area contributed by atoms with Crippen molar-refractivity contribution in [3.05, 3.63) is 106 Å². The van der Waals surface area contributed by atoms with E-state index in [0.717, 1.165) is 81.3 Å². The van der Waals surface area contributed by atoms with Crippen LogP contribution in [0.4, 0.5) is 0 Å². The Morgan fingerprint density at radius 3 is 1.38 bits per heavy atom. The number of nitrogens with zero attached hydrogens (tertiary/aromatic N) is 2. The van der Waals surface area contributed by atoms with Crippen molar-refractivity contribution < 1.29 is 10.2 Å². The Balaban J connectivity index is 1.42. The van der Waals surface area contributed by atoms with Gasteiger partial charge in [-0.2, -0.15) is 0 Å². The van der Waals surface area contributed by atoms with Crippen LogP contribution in [-0.4, -0.2) is 34.7 Å². The summed E-state index contributed by atoms with van der Waals surface area (Å²) in [6.07, 6.45) is 7.75. The molecule has 1 fully saturated rings. The van der Waals surface area contributed by atoms with E-state index in [0.29, 0.717) is 0 Å². The minimum Gasteiger partial charge on any atom is -0.507 e. The van der Waals surface area contributed by atoms with E-state index in [-0.39, 0.29) is 23.6 Å². The molecular formula is C36H38N2O2. The van der Waals surface area contributed by atoms with E-state index in [1.807, 2.05) is 86.9 Å². The molecule has 5 rings (SSSR count). The van der Waals surface area contributed by atoms with Gasteiger partial charge in [-0.05, 0) is 98.2 Å². The van der Waals surface area contributed by atoms with Crippen molar-refractivity contribution in [2.24, 2.45) is 9.98 Å². The van der Waals surface area contributed by atoms with Gasteiger partial charge in [0.15, 0.2) is 0 Å². The monoisotopic (exact) mass is 530 g/mol. The maximum Gasteiger partial charge on any atom is 0.132 e. The maximum atomic E-state index is 11.2. The lowest BCUT2D eigenvalue weighted by molar-refractivity contribution is 0.390. The minimum atomic E-state index is 0.0228. The minimum absolute atomic E-state index is 0.0228. The van der Waals surface area contributed by atoms with Crippen molar-refractivity contribution in [2.75, 3.05) is 0 Å². The molecule has 0 amide bonds. The van der Waals surface area contributed by atoms with Crippen molar-refractivity contribution in [3.63, 3.8) is 0 Å². The van der Waals surface area contributed by atoms with Crippen LogP contribution in [-0.2, 0) is 0 Å². The van der Waals surface area contributed by atoms with E-state index < -0.39 is 0 Å². The van der Waals surface area contributed by atoms with Crippen LogP contribution in [0.2, 0.25) is 0 Å². The highest BCUT2D eigenvalue weighted by molar-refractivity contribution is 5.91. The average Bonchev–Trinajstić information content (AvgIpc) is 2.95. The predicted octanol–water partition coefficient (Wildman–Crippen LogP) is 8.51. The molecule has 0 aliphatic heterocycles. The predicted molar refractivity (Wildman–Crippen MR) is 167 cm³/mol. The molecular weight excluding hydrogens is 492 g/mol. The zero-order valence-corrected chi connectivity index (χ0v) is 23.9. The maximum absolute atomic E-state index is 11.2. The molecule has 0 unspecified atom stereocenters. The zero-order chi connectivity index (χ0) is 28.2. The van der Waals surface area contributed by atoms with Gasteiger partial charge in [-0.15, -0.1) is 0 Å². The van der Waals surface area contributed by atoms with Crippen LogP contribution in [0.15, 0.2) is 82.8 Å². The third-order valence-electron chi connectivity index (χ3n) is 7.94. The Hall–Kier alpha value is -4.18. The Morgan fingerprint density at radius 2 is 0.975 bits per heavy atom. The SMILES string of the molecule is Cc1cc(C=N[C@@H]2CCCC[C@H]2N=Cc2cc(C)cc(-c3ccccc3C)c2O)c(O)c(-c2ccccc2C)c1. The second-order valence-electron chi connectivity index (χ2n) is 11.1. The molecule has 4 nitrogen and oxygen atoms in total. The summed E-state index contributed by atoms with van der Waals surface area (Å²) in [7, 11) is 0. The summed E-state index contributed by atoms with van der Waals surface area (Å²) in [5, 5.41) is 22.4. The smallest absolute Gasteiger partial charge is 0.132 e. The number of aromatic hydroxyl groups is 2. The first-order valence-corrected chi connectivity index (χ1v) is 14.2. The quantitative estimate of drug-likeness (QED) is 0.245. The van der Waals surface area contributed by atoms with E-state index >= 15 is 0 Å². The molecule has 0 bridgehead atoms. The third kappa shape index (κ3) is 5.86. The lowest BCUT2D eigenvalue weighted by Gasteiger charge is -2.25. The molecule has 0 heterocycles. The van der Waals surface area contributed by atoms with Crippen LogP contribution >= 0.6 is 0 Å². The van der Waals surface area contributed by atoms with Crippen molar-refractivity contribution >= 4 is 12.4 Å². The van der Waals surface area contributed by atoms with Gasteiger partial charge in [-0.3, -0.25) is 9.98 Å². The van der Waals surface area contributed by atoms with E-state index in [2.05, 4.69) is 26.0 Å². The van der Waals surface area contributed by atoms with E-state index in [9.17, 15) is 10.2 Å². The standard InChI is InChI=1S/C36H38N2O2/c1-23-17-27(35(39)31(19-23)29-13-7-5-11-25(29)3)21-37-33-15-9-10-16-34(33)38-22-28-18-24(2)20-32(36(28)40)30-14-8-6-12-26(30)4/h5-8,11-14,17-22,33-34,39-40H,9-10,15-16H2,1-4H3/t33-,34-/m1/s1. The summed E-state index contributed by atoms with van der Waals surface area (Å²) >= 11 is 0. The lowest BCUT2D eigenvalue weighted by Crippen LogP contribution is -2.27. The Labute approximate surface area is 237 Å². The fourth-order valence-corrected chi connectivity index (χ4v) is 5.76. The number of aryl methyl sites for hydroxylation is 4. The van der Waals surface area contributed by atoms with Crippen molar-refractivity contribution in [3.8, 4) is 33.8 Å². The Kier molecular flexibility index (Phi) is 8.16. The van der Waals surface area contributed by atoms with E-state index in [4.69, 9.17) is 9.98 Å². The first kappa shape index (κ1) is 27.4. The van der Waals surface area contributed by atoms with Gasteiger partial charge in [0.25, 0.3) is 0 Å². The summed E-state index contributed by atoms with van der Waals surface area (Å²) in [5.41, 5.74) is 9.58. The summed E-state index contributed by atoms with van der Waals surface area (Å²) in [4.78, 5) is 9.92. The summed E-state index contributed by atoms with van der Waals surface area (Å²) in [5.74, 6) is 0.515. The molecule has 4 heteroatoms. The number of aliphatic imine (C=N–C) groups is 2. The molecule has 0 spiro atoms. The molecule has 0 radical (unpaired) electrons. The molecule has 1 saturated carbocycles. The molecule has 2 N–H and O–H groups in total. The Bertz CT molecular complexity index is 1470. The number of benzene rings is 4. The topological polar surface area (TPSA) is 65.2 Å². The van der Waals surface area contributed by atoms with Gasteiger partial charge in [-0.25, -0.2) is 0 Å². The summed E-state index contributed by atoms with van der Waals surface area (Å²) in [6.45, 7) is 8.22. The fraction of sp³-hybridized carbons (Fsp3) is 0.278. The van der Waals surface area contributed by atoms with Crippen molar-refractivity contribution in [1.82, 2.24) is 0 Å². The van der Waals surface area contributed by atoms with Gasteiger partial charge in [0.1, 0.15) is 11.5 Å². The van der Waals surface area contributed by atoms with Gasteiger partial charge in [-0.1, -0.05) is 61.4 Å². The Morgan fingerprint density at radius 1 is 0.575 bits per heavy atom. The largest absolute Gasteiger partial charge is 0.507 e. The first-order chi connectivity index (χ1) is 19.3. The highest BCUT2D eigenvalue weighted by Gasteiger charge is 2.24. The lowest BCUT2D eigenvalue weighted by atomic mass is 9.91. The van der Waals surface area contributed by atoms with Crippen LogP contribution in [0.5, 0.6) is 11.5 Å². The normalized spacial score (nSPS) is 17.6. The molecule has 1 aliphatic rings. The second-order valence-corrected chi connectivity index (χ2v) is 11.1. The van der Waals surface area contributed by atoms with Crippen LogP contribution in [0, 0.1) is 27.7 Å². The molecule has 40 heavy (non-hydrogen) atoms. The van der Waals surface area contributed by atoms with E-state index in [1.165, 1.54) is 0 Å². The van der Waals surface area contributed by atoms with Crippen LogP contribution in [0.25, 0.3) is 22.3 Å². The van der Waals surface area contributed by atoms with Crippen LogP contribution < -0.4 is 0 Å². The fourth-order valence-electron chi connectivity index (χ4n) is 5.76. The van der Waals surface area contributed by atoms with Crippen molar-refractivity contribution in [1.29, 1.82) is 0 Å². The number of phenols is 2. The molecule has 0 saturated heterocycles. The molecule has 204 valence electrons. The highest BCUT2D eigenvalue weighted by Crippen LogP contribution is 2.36. The number of phenolic OH excluding ortho intramolecular Hbond substituents is 2. The summed E-state index contributed by atoms with van der Waals surface area (Å²) < 4.78 is 0. The van der Waals surface area contributed by atoms with Crippen LogP contribution in [0.3, 0.4) is 0 Å². The number of rotatable bonds is 6. The van der Waals surface area contributed by atoms with Gasteiger partial charge in [0, 0.05) is 34.7 Å². The van der Waals surface area contributed by atoms with Gasteiger partial charge < -0.3 is 10.2 Å². The molecule has 4 aromatic rings. The van der Waals surface area contributed by atoms with Gasteiger partial charge in [0.2, 0.25) is 0 Å². The van der Waals surface area contributed by atoms with E-state index in [1.54, 1.807) is 0 Å². The summed E-state index contributed by atoms with van der Waals surface area (Å²) in [6, 6.07) is 24.3. The second kappa shape index (κ2) is 11.9. The molecule has 4 aromatic carbocycles. The van der Waals surface area contributed by atoms with Crippen LogP contribution in [0.1, 0.15) is 59.1 Å². The third-order valence-corrected chi connectivity index (χ3v) is 7.94.